The lowest BCUT2D eigenvalue weighted by atomic mass is 10.0. The van der Waals surface area contributed by atoms with Gasteiger partial charge in [-0.3, -0.25) is 4.68 Å². The van der Waals surface area contributed by atoms with E-state index in [9.17, 15) is 4.79 Å². The smallest absolute Gasteiger partial charge is 0.337 e. The number of nitrogens with zero attached hydrogens (tertiary/aromatic N) is 2. The molecule has 0 unspecified atom stereocenters. The molecule has 5 heteroatoms. The van der Waals surface area contributed by atoms with E-state index in [1.807, 2.05) is 23.0 Å². The average molecular weight is 312 g/mol. The molecule has 0 radical (unpaired) electrons. The van der Waals surface area contributed by atoms with E-state index in [1.54, 1.807) is 18.3 Å². The monoisotopic (exact) mass is 312 g/mol. The van der Waals surface area contributed by atoms with E-state index in [-0.39, 0.29) is 5.97 Å². The maximum Gasteiger partial charge on any atom is 0.337 e. The number of rotatable bonds is 3. The van der Waals surface area contributed by atoms with Crippen molar-refractivity contribution in [1.82, 2.24) is 9.78 Å². The fraction of sp³-hybridized carbons (Fsp3) is 0.294. The van der Waals surface area contributed by atoms with Crippen molar-refractivity contribution >= 4 is 14.0 Å². The molecule has 2 aromatic rings. The Morgan fingerprint density at radius 3 is 2.73 bits per heavy atom. The largest absolute Gasteiger partial charge is 0.465 e. The number of hydrogen-bond donors (Lipinski definition) is 0. The summed E-state index contributed by atoms with van der Waals surface area (Å²) in [5, 5.41) is 4.22. The minimum absolute atomic E-state index is 0.346. The van der Waals surface area contributed by atoms with Gasteiger partial charge in [0, 0.05) is 18.0 Å². The highest BCUT2D eigenvalue weighted by molar-refractivity contribution is 6.83. The minimum Gasteiger partial charge on any atom is -0.465 e. The molecule has 0 aliphatic carbocycles. The van der Waals surface area contributed by atoms with Crippen molar-refractivity contribution < 1.29 is 9.53 Å². The zero-order valence-electron chi connectivity index (χ0n) is 13.4. The molecule has 114 valence electrons. The van der Waals surface area contributed by atoms with Crippen LogP contribution >= 0.6 is 0 Å². The van der Waals surface area contributed by atoms with Gasteiger partial charge in [-0.25, -0.2) is 4.79 Å². The quantitative estimate of drug-likeness (QED) is 0.497. The molecule has 4 nitrogen and oxygen atoms in total. The Morgan fingerprint density at radius 1 is 1.36 bits per heavy atom. The van der Waals surface area contributed by atoms with Crippen LogP contribution < -0.4 is 0 Å². The van der Waals surface area contributed by atoms with Crippen molar-refractivity contribution in [3.63, 3.8) is 0 Å². The van der Waals surface area contributed by atoms with E-state index < -0.39 is 8.07 Å². The van der Waals surface area contributed by atoms with Crippen molar-refractivity contribution in [3.8, 4) is 11.5 Å². The summed E-state index contributed by atoms with van der Waals surface area (Å²) in [5.41, 5.74) is 5.77. The number of ether oxygens (including phenoxy) is 1. The van der Waals surface area contributed by atoms with Crippen LogP contribution in [-0.2, 0) is 11.3 Å². The summed E-state index contributed by atoms with van der Waals surface area (Å²) in [6, 6.07) is 7.38. The maximum absolute atomic E-state index is 11.7. The summed E-state index contributed by atoms with van der Waals surface area (Å²) < 4.78 is 6.63. The van der Waals surface area contributed by atoms with E-state index in [4.69, 9.17) is 4.74 Å². The lowest BCUT2D eigenvalue weighted by Crippen LogP contribution is -2.16. The first-order valence-corrected chi connectivity index (χ1v) is 10.6. The van der Waals surface area contributed by atoms with E-state index in [1.165, 1.54) is 7.11 Å². The summed E-state index contributed by atoms with van der Waals surface area (Å²) in [7, 11) is -0.112. The van der Waals surface area contributed by atoms with Crippen LogP contribution in [-0.4, -0.2) is 30.9 Å². The highest BCUT2D eigenvalue weighted by Crippen LogP contribution is 2.14. The number of carbonyl (C=O) groups is 1. The van der Waals surface area contributed by atoms with Crippen LogP contribution in [0.1, 0.15) is 21.5 Å². The Labute approximate surface area is 132 Å². The van der Waals surface area contributed by atoms with Crippen molar-refractivity contribution in [1.29, 1.82) is 0 Å². The molecule has 1 aromatic carbocycles. The molecule has 0 N–H and O–H groups in total. The van der Waals surface area contributed by atoms with Crippen molar-refractivity contribution in [2.45, 2.75) is 26.2 Å². The van der Waals surface area contributed by atoms with Gasteiger partial charge in [-0.15, -0.1) is 5.54 Å². The van der Waals surface area contributed by atoms with E-state index in [0.717, 1.165) is 11.1 Å². The zero-order chi connectivity index (χ0) is 16.2. The molecular formula is C17H20N2O2Si. The number of hydrogen-bond acceptors (Lipinski definition) is 3. The molecule has 0 saturated heterocycles. The van der Waals surface area contributed by atoms with Crippen LogP contribution in [0.15, 0.2) is 36.7 Å². The third kappa shape index (κ3) is 4.33. The van der Waals surface area contributed by atoms with E-state index in [2.05, 4.69) is 36.2 Å². The van der Waals surface area contributed by atoms with Gasteiger partial charge in [-0.2, -0.15) is 5.10 Å². The third-order valence-corrected chi connectivity index (χ3v) is 3.87. The molecule has 0 aliphatic heterocycles. The molecule has 22 heavy (non-hydrogen) atoms. The molecule has 0 saturated carbocycles. The third-order valence-electron chi connectivity index (χ3n) is 2.99. The molecule has 0 atom stereocenters. The Bertz CT molecular complexity index is 719. The summed E-state index contributed by atoms with van der Waals surface area (Å²) in [6.45, 7) is 7.20. The fourth-order valence-corrected chi connectivity index (χ4v) is 2.41. The first-order valence-electron chi connectivity index (χ1n) is 7.11. The molecule has 0 aliphatic rings. The van der Waals surface area contributed by atoms with Gasteiger partial charge in [-0.1, -0.05) is 31.6 Å². The zero-order valence-corrected chi connectivity index (χ0v) is 14.4. The normalized spacial score (nSPS) is 10.7. The van der Waals surface area contributed by atoms with Gasteiger partial charge in [0.2, 0.25) is 0 Å². The maximum atomic E-state index is 11.7. The lowest BCUT2D eigenvalue weighted by molar-refractivity contribution is 0.0600. The predicted molar refractivity (Wildman–Crippen MR) is 89.3 cm³/mol. The molecule has 2 rings (SSSR count). The van der Waals surface area contributed by atoms with Gasteiger partial charge in [0.15, 0.2) is 0 Å². The van der Waals surface area contributed by atoms with Gasteiger partial charge in [0.1, 0.15) is 8.07 Å². The number of methoxy groups -OCH3 is 1. The van der Waals surface area contributed by atoms with E-state index >= 15 is 0 Å². The molecule has 0 bridgehead atoms. The van der Waals surface area contributed by atoms with Crippen LogP contribution in [0, 0.1) is 11.5 Å². The highest BCUT2D eigenvalue weighted by atomic mass is 28.3. The first kappa shape index (κ1) is 16.1. The Kier molecular flexibility index (Phi) is 4.84. The molecule has 1 heterocycles. The van der Waals surface area contributed by atoms with Crippen molar-refractivity contribution in [3.05, 3.63) is 53.3 Å². The summed E-state index contributed by atoms with van der Waals surface area (Å²) in [5.74, 6) is 2.90. The minimum atomic E-state index is -1.49. The average Bonchev–Trinajstić information content (AvgIpc) is 2.97. The van der Waals surface area contributed by atoms with Crippen molar-refractivity contribution in [2.75, 3.05) is 7.11 Å². The molecule has 0 spiro atoms. The number of benzene rings is 1. The van der Waals surface area contributed by atoms with Gasteiger partial charge in [0.05, 0.1) is 19.2 Å². The second-order valence-corrected chi connectivity index (χ2v) is 10.8. The molecule has 0 fully saturated rings. The second kappa shape index (κ2) is 6.63. The molecule has 0 amide bonds. The Morgan fingerprint density at radius 2 is 2.14 bits per heavy atom. The van der Waals surface area contributed by atoms with Gasteiger partial charge in [0.25, 0.3) is 0 Å². The Balaban J connectivity index is 2.42. The topological polar surface area (TPSA) is 44.1 Å². The fourth-order valence-electron chi connectivity index (χ4n) is 1.90. The van der Waals surface area contributed by atoms with Gasteiger partial charge >= 0.3 is 5.97 Å². The number of esters is 1. The van der Waals surface area contributed by atoms with Crippen LogP contribution in [0.4, 0.5) is 0 Å². The first-order chi connectivity index (χ1) is 10.4. The van der Waals surface area contributed by atoms with Gasteiger partial charge < -0.3 is 4.74 Å². The van der Waals surface area contributed by atoms with Crippen LogP contribution in [0.2, 0.25) is 19.6 Å². The number of aromatic nitrogens is 2. The Hall–Kier alpha value is -2.32. The standard InChI is InChI=1S/C17H20N2O2Si/c1-21-17(20)15-6-7-16(13-19-10-5-9-18-19)14(12-15)8-11-22(2,3)4/h5-7,9-10,12H,13H2,1-4H3. The van der Waals surface area contributed by atoms with Crippen LogP contribution in [0.25, 0.3) is 0 Å². The number of carbonyl (C=O) groups excluding carboxylic acids is 1. The molecular weight excluding hydrogens is 292 g/mol. The summed E-state index contributed by atoms with van der Waals surface area (Å²) >= 11 is 0. The lowest BCUT2D eigenvalue weighted by Gasteiger charge is -2.09. The van der Waals surface area contributed by atoms with Crippen LogP contribution in [0.3, 0.4) is 0 Å². The summed E-state index contributed by atoms with van der Waals surface area (Å²) in [4.78, 5) is 11.7. The summed E-state index contributed by atoms with van der Waals surface area (Å²) in [6.07, 6.45) is 3.65. The van der Waals surface area contributed by atoms with Gasteiger partial charge in [-0.05, 0) is 23.8 Å². The molecule has 1 aromatic heterocycles. The van der Waals surface area contributed by atoms with Crippen LogP contribution in [0.5, 0.6) is 0 Å². The predicted octanol–water partition coefficient (Wildman–Crippen LogP) is 2.95. The van der Waals surface area contributed by atoms with E-state index in [0.29, 0.717) is 12.1 Å². The second-order valence-electron chi connectivity index (χ2n) is 6.07. The SMILES string of the molecule is COC(=O)c1ccc(Cn2cccn2)c(C#C[Si](C)(C)C)c1. The van der Waals surface area contributed by atoms with Crippen molar-refractivity contribution in [2.24, 2.45) is 0 Å². The highest BCUT2D eigenvalue weighted by Gasteiger charge is 2.11.